The number of amides is 1. The molecule has 1 aromatic heterocycles. The third-order valence-electron chi connectivity index (χ3n) is 5.95. The molecule has 0 saturated heterocycles. The van der Waals surface area contributed by atoms with E-state index in [9.17, 15) is 4.79 Å². The summed E-state index contributed by atoms with van der Waals surface area (Å²) in [5.74, 6) is 1.04. The molecule has 9 heteroatoms. The topological polar surface area (TPSA) is 71.8 Å². The summed E-state index contributed by atoms with van der Waals surface area (Å²) in [5.41, 5.74) is 5.02. The molecule has 4 aromatic rings. The highest BCUT2D eigenvalue weighted by Gasteiger charge is 2.34. The Morgan fingerprint density at radius 1 is 1.11 bits per heavy atom. The molecular formula is C27H23BrClN5OS. The van der Waals surface area contributed by atoms with Crippen LogP contribution in [0.5, 0.6) is 0 Å². The Labute approximate surface area is 227 Å². The lowest BCUT2D eigenvalue weighted by Crippen LogP contribution is -2.31. The summed E-state index contributed by atoms with van der Waals surface area (Å²) in [6, 6.07) is 22.9. The highest BCUT2D eigenvalue weighted by molar-refractivity contribution is 9.10. The van der Waals surface area contributed by atoms with E-state index in [1.807, 2.05) is 86.6 Å². The van der Waals surface area contributed by atoms with Gasteiger partial charge in [-0.3, -0.25) is 4.79 Å². The Hall–Kier alpha value is -3.07. The summed E-state index contributed by atoms with van der Waals surface area (Å²) in [5, 5.41) is 12.5. The third kappa shape index (κ3) is 5.07. The first-order chi connectivity index (χ1) is 17.4. The molecular weight excluding hydrogens is 558 g/mol. The van der Waals surface area contributed by atoms with Gasteiger partial charge in [-0.05, 0) is 54.8 Å². The molecule has 3 aromatic carbocycles. The van der Waals surface area contributed by atoms with Crippen LogP contribution in [0.25, 0.3) is 0 Å². The number of aromatic nitrogens is 3. The van der Waals surface area contributed by atoms with E-state index in [2.05, 4.69) is 26.6 Å². The number of anilines is 2. The lowest BCUT2D eigenvalue weighted by molar-refractivity contribution is -0.113. The van der Waals surface area contributed by atoms with Crippen molar-refractivity contribution in [3.05, 3.63) is 110 Å². The molecule has 0 radical (unpaired) electrons. The number of allylic oxidation sites excluding steroid dienone is 1. The van der Waals surface area contributed by atoms with Crippen LogP contribution in [-0.4, -0.2) is 20.7 Å². The van der Waals surface area contributed by atoms with Crippen molar-refractivity contribution in [2.24, 2.45) is 0 Å². The molecule has 5 rings (SSSR count). The summed E-state index contributed by atoms with van der Waals surface area (Å²) in [4.78, 5) is 18.4. The molecule has 6 nitrogen and oxygen atoms in total. The van der Waals surface area contributed by atoms with Gasteiger partial charge in [0.2, 0.25) is 11.1 Å². The number of thioether (sulfide) groups is 1. The van der Waals surface area contributed by atoms with Crippen LogP contribution in [0, 0.1) is 6.92 Å². The number of fused-ring (bicyclic) bond motifs is 1. The average molecular weight is 581 g/mol. The fourth-order valence-corrected chi connectivity index (χ4v) is 5.66. The van der Waals surface area contributed by atoms with Crippen molar-refractivity contribution in [3.63, 3.8) is 0 Å². The smallest absolute Gasteiger partial charge is 0.255 e. The number of para-hydroxylation sites is 1. The van der Waals surface area contributed by atoms with Crippen molar-refractivity contribution < 1.29 is 4.79 Å². The van der Waals surface area contributed by atoms with Crippen LogP contribution in [-0.2, 0) is 10.5 Å². The minimum absolute atomic E-state index is 0.189. The first-order valence-corrected chi connectivity index (χ1v) is 13.5. The molecule has 1 atom stereocenters. The van der Waals surface area contributed by atoms with Gasteiger partial charge >= 0.3 is 0 Å². The van der Waals surface area contributed by atoms with Crippen LogP contribution in [0.2, 0.25) is 5.02 Å². The number of nitrogens with one attached hydrogen (secondary N) is 2. The quantitative estimate of drug-likeness (QED) is 0.236. The lowest BCUT2D eigenvalue weighted by Gasteiger charge is -2.29. The van der Waals surface area contributed by atoms with Crippen LogP contribution in [0.15, 0.2) is 93.7 Å². The second-order valence-corrected chi connectivity index (χ2v) is 10.7. The van der Waals surface area contributed by atoms with Gasteiger partial charge in [0.25, 0.3) is 5.91 Å². The largest absolute Gasteiger partial charge is 0.328 e. The fraction of sp³-hybridized carbons (Fsp3) is 0.148. The van der Waals surface area contributed by atoms with Gasteiger partial charge in [0.15, 0.2) is 0 Å². The zero-order valence-corrected chi connectivity index (χ0v) is 22.8. The predicted molar refractivity (Wildman–Crippen MR) is 149 cm³/mol. The average Bonchev–Trinajstić information content (AvgIpc) is 3.26. The normalized spacial score (nSPS) is 14.8. The molecule has 36 heavy (non-hydrogen) atoms. The standard InChI is InChI=1S/C27H23BrClN5OS/c1-16-8-3-6-13-22(16)31-25(35)23-17(2)30-26-32-27(36-15-19-9-4-5-12-21(19)29)33-34(26)24(23)18-10-7-11-20(28)14-18/h3-14,24H,15H2,1-2H3,(H,31,35)(H,30,32,33). The van der Waals surface area contributed by atoms with E-state index in [1.165, 1.54) is 11.8 Å². The highest BCUT2D eigenvalue weighted by atomic mass is 79.9. The van der Waals surface area contributed by atoms with Gasteiger partial charge in [-0.15, -0.1) is 5.10 Å². The van der Waals surface area contributed by atoms with Crippen LogP contribution in [0.1, 0.15) is 29.7 Å². The SMILES string of the molecule is CC1=C(C(=O)Nc2ccccc2C)C(c2cccc(Br)c2)n2nc(SCc3ccccc3Cl)nc2N1. The number of nitrogens with zero attached hydrogens (tertiary/aromatic N) is 3. The number of hydrogen-bond donors (Lipinski definition) is 2. The minimum Gasteiger partial charge on any atom is -0.328 e. The van der Waals surface area contributed by atoms with Crippen molar-refractivity contribution in [1.82, 2.24) is 14.8 Å². The maximum absolute atomic E-state index is 13.7. The molecule has 2 heterocycles. The summed E-state index contributed by atoms with van der Waals surface area (Å²) in [6.45, 7) is 3.87. The van der Waals surface area contributed by atoms with E-state index < -0.39 is 6.04 Å². The number of halogens is 2. The van der Waals surface area contributed by atoms with Gasteiger partial charge in [0.05, 0.1) is 5.57 Å². The second kappa shape index (κ2) is 10.5. The zero-order valence-electron chi connectivity index (χ0n) is 19.6. The van der Waals surface area contributed by atoms with Crippen molar-refractivity contribution in [2.45, 2.75) is 30.8 Å². The number of benzene rings is 3. The fourth-order valence-electron chi connectivity index (χ4n) is 4.13. The van der Waals surface area contributed by atoms with E-state index in [0.717, 1.165) is 32.5 Å². The van der Waals surface area contributed by atoms with Gasteiger partial charge < -0.3 is 10.6 Å². The summed E-state index contributed by atoms with van der Waals surface area (Å²) >= 11 is 11.4. The molecule has 0 bridgehead atoms. The molecule has 0 aliphatic carbocycles. The molecule has 0 spiro atoms. The van der Waals surface area contributed by atoms with Crippen molar-refractivity contribution in [2.75, 3.05) is 10.6 Å². The minimum atomic E-state index is -0.454. The number of hydrogen-bond acceptors (Lipinski definition) is 5. The summed E-state index contributed by atoms with van der Waals surface area (Å²) in [7, 11) is 0. The number of aryl methyl sites for hydroxylation is 1. The Morgan fingerprint density at radius 3 is 2.67 bits per heavy atom. The number of carbonyl (C=O) groups is 1. The van der Waals surface area contributed by atoms with Gasteiger partial charge in [-0.25, -0.2) is 4.68 Å². The first-order valence-electron chi connectivity index (χ1n) is 11.3. The molecule has 1 unspecified atom stereocenters. The monoisotopic (exact) mass is 579 g/mol. The van der Waals surface area contributed by atoms with Crippen molar-refractivity contribution in [1.29, 1.82) is 0 Å². The maximum Gasteiger partial charge on any atom is 0.255 e. The highest BCUT2D eigenvalue weighted by Crippen LogP contribution is 2.38. The van der Waals surface area contributed by atoms with E-state index in [4.69, 9.17) is 21.7 Å². The molecule has 1 amide bonds. The van der Waals surface area contributed by atoms with Gasteiger partial charge in [-0.2, -0.15) is 4.98 Å². The Morgan fingerprint density at radius 2 is 1.89 bits per heavy atom. The third-order valence-corrected chi connectivity index (χ3v) is 7.70. The van der Waals surface area contributed by atoms with Crippen LogP contribution in [0.3, 0.4) is 0 Å². The molecule has 1 aliphatic rings. The van der Waals surface area contributed by atoms with E-state index in [-0.39, 0.29) is 5.91 Å². The Balaban J connectivity index is 1.51. The second-order valence-electron chi connectivity index (χ2n) is 8.43. The molecule has 1 aliphatic heterocycles. The Kier molecular flexibility index (Phi) is 7.18. The number of rotatable bonds is 6. The molecule has 0 fully saturated rings. The summed E-state index contributed by atoms with van der Waals surface area (Å²) in [6.07, 6.45) is 0. The van der Waals surface area contributed by atoms with E-state index in [0.29, 0.717) is 27.5 Å². The van der Waals surface area contributed by atoms with Crippen molar-refractivity contribution in [3.8, 4) is 0 Å². The predicted octanol–water partition coefficient (Wildman–Crippen LogP) is 7.22. The zero-order chi connectivity index (χ0) is 25.2. The van der Waals surface area contributed by atoms with Crippen LogP contribution in [0.4, 0.5) is 11.6 Å². The van der Waals surface area contributed by atoms with E-state index in [1.54, 1.807) is 4.68 Å². The van der Waals surface area contributed by atoms with Crippen LogP contribution < -0.4 is 10.6 Å². The van der Waals surface area contributed by atoms with Gasteiger partial charge in [-0.1, -0.05) is 87.8 Å². The molecule has 182 valence electrons. The first kappa shape index (κ1) is 24.6. The Bertz CT molecular complexity index is 1480. The van der Waals surface area contributed by atoms with Crippen molar-refractivity contribution >= 4 is 56.8 Å². The molecule has 2 N–H and O–H groups in total. The van der Waals surface area contributed by atoms with Crippen LogP contribution >= 0.6 is 39.3 Å². The van der Waals surface area contributed by atoms with E-state index >= 15 is 0 Å². The summed E-state index contributed by atoms with van der Waals surface area (Å²) < 4.78 is 2.71. The van der Waals surface area contributed by atoms with Gasteiger partial charge in [0.1, 0.15) is 6.04 Å². The van der Waals surface area contributed by atoms with Gasteiger partial charge in [0, 0.05) is 26.6 Å². The number of carbonyl (C=O) groups excluding carboxylic acids is 1. The molecule has 0 saturated carbocycles. The lowest BCUT2D eigenvalue weighted by atomic mass is 9.95. The maximum atomic E-state index is 13.7.